The number of sulfonamides is 1. The molecule has 20 heavy (non-hydrogen) atoms. The van der Waals surface area contributed by atoms with Gasteiger partial charge < -0.3 is 5.73 Å². The maximum atomic E-state index is 12.6. The molecule has 6 heteroatoms. The lowest BCUT2D eigenvalue weighted by Gasteiger charge is -2.25. The van der Waals surface area contributed by atoms with E-state index in [0.717, 1.165) is 19.3 Å². The fourth-order valence-corrected chi connectivity index (χ4v) is 3.61. The molecule has 0 aliphatic rings. The summed E-state index contributed by atoms with van der Waals surface area (Å²) in [4.78, 5) is 4.31. The van der Waals surface area contributed by atoms with Gasteiger partial charge in [-0.3, -0.25) is 4.98 Å². The second kappa shape index (κ2) is 7.71. The molecule has 5 nitrogen and oxygen atoms in total. The van der Waals surface area contributed by atoms with E-state index in [-0.39, 0.29) is 10.9 Å². The number of aromatic nitrogens is 1. The minimum absolute atomic E-state index is 0.0639. The van der Waals surface area contributed by atoms with E-state index in [2.05, 4.69) is 11.9 Å². The summed E-state index contributed by atoms with van der Waals surface area (Å²) >= 11 is 0. The fraction of sp³-hybridized carbons (Fsp3) is 0.643. The van der Waals surface area contributed by atoms with Gasteiger partial charge in [-0.1, -0.05) is 19.8 Å². The topological polar surface area (TPSA) is 76.3 Å². The number of rotatable bonds is 8. The summed E-state index contributed by atoms with van der Waals surface area (Å²) in [6.45, 7) is 6.75. The number of pyridine rings is 1. The fourth-order valence-electron chi connectivity index (χ4n) is 1.99. The molecule has 1 heterocycles. The Labute approximate surface area is 122 Å². The molecule has 0 fully saturated rings. The van der Waals surface area contributed by atoms with Crippen molar-refractivity contribution in [3.63, 3.8) is 0 Å². The first kappa shape index (κ1) is 17.1. The van der Waals surface area contributed by atoms with Gasteiger partial charge in [0.2, 0.25) is 10.0 Å². The Morgan fingerprint density at radius 2 is 2.00 bits per heavy atom. The third-order valence-corrected chi connectivity index (χ3v) is 5.23. The molecule has 0 bridgehead atoms. The van der Waals surface area contributed by atoms with Crippen molar-refractivity contribution in [1.29, 1.82) is 0 Å². The number of hydrogen-bond acceptors (Lipinski definition) is 4. The van der Waals surface area contributed by atoms with Gasteiger partial charge in [-0.25, -0.2) is 8.42 Å². The second-order valence-electron chi connectivity index (χ2n) is 5.11. The first-order valence-electron chi connectivity index (χ1n) is 7.10. The van der Waals surface area contributed by atoms with E-state index >= 15 is 0 Å². The predicted octanol–water partition coefficient (Wildman–Crippen LogP) is 2.13. The van der Waals surface area contributed by atoms with Gasteiger partial charge in [0.05, 0.1) is 5.69 Å². The number of nitrogens with two attached hydrogens (primary N) is 1. The van der Waals surface area contributed by atoms with E-state index in [1.807, 2.05) is 13.8 Å². The lowest BCUT2D eigenvalue weighted by Crippen LogP contribution is -2.37. The van der Waals surface area contributed by atoms with Gasteiger partial charge in [0.1, 0.15) is 4.90 Å². The van der Waals surface area contributed by atoms with Crippen LogP contribution in [0.1, 0.15) is 45.7 Å². The molecule has 0 atom stereocenters. The molecule has 0 radical (unpaired) electrons. The molecule has 114 valence electrons. The highest BCUT2D eigenvalue weighted by atomic mass is 32.2. The molecule has 1 aromatic rings. The molecule has 0 aliphatic carbocycles. The third-order valence-electron chi connectivity index (χ3n) is 3.17. The molecule has 0 unspecified atom stereocenters. The summed E-state index contributed by atoms with van der Waals surface area (Å²) in [6.07, 6.45) is 4.37. The van der Waals surface area contributed by atoms with Crippen LogP contribution in [0.2, 0.25) is 0 Å². The van der Waals surface area contributed by atoms with Gasteiger partial charge in [0.15, 0.2) is 0 Å². The van der Waals surface area contributed by atoms with Gasteiger partial charge in [-0.15, -0.1) is 0 Å². The maximum Gasteiger partial charge on any atom is 0.244 e. The van der Waals surface area contributed by atoms with E-state index in [1.165, 1.54) is 6.20 Å². The molecule has 2 N–H and O–H groups in total. The molecule has 1 aromatic heterocycles. The van der Waals surface area contributed by atoms with E-state index in [0.29, 0.717) is 18.8 Å². The zero-order chi connectivity index (χ0) is 15.2. The monoisotopic (exact) mass is 299 g/mol. The minimum Gasteiger partial charge on any atom is -0.325 e. The maximum absolute atomic E-state index is 12.6. The highest BCUT2D eigenvalue weighted by Crippen LogP contribution is 2.18. The van der Waals surface area contributed by atoms with Crippen LogP contribution < -0.4 is 5.73 Å². The van der Waals surface area contributed by atoms with Gasteiger partial charge >= 0.3 is 0 Å². The Morgan fingerprint density at radius 1 is 1.30 bits per heavy atom. The smallest absolute Gasteiger partial charge is 0.244 e. The third kappa shape index (κ3) is 4.26. The van der Waals surface area contributed by atoms with Crippen molar-refractivity contribution in [3.8, 4) is 0 Å². The van der Waals surface area contributed by atoms with E-state index in [4.69, 9.17) is 5.73 Å². The van der Waals surface area contributed by atoms with Crippen molar-refractivity contribution in [2.45, 2.75) is 57.5 Å². The first-order chi connectivity index (χ1) is 9.43. The van der Waals surface area contributed by atoms with Crippen LogP contribution in [0.3, 0.4) is 0 Å². The second-order valence-corrected chi connectivity index (χ2v) is 7.00. The quantitative estimate of drug-likeness (QED) is 0.746. The van der Waals surface area contributed by atoms with Crippen LogP contribution in [0.15, 0.2) is 23.2 Å². The Kier molecular flexibility index (Phi) is 6.58. The highest BCUT2D eigenvalue weighted by molar-refractivity contribution is 7.89. The Bertz CT molecular complexity index is 498. The minimum atomic E-state index is -3.48. The van der Waals surface area contributed by atoms with Crippen molar-refractivity contribution in [3.05, 3.63) is 24.0 Å². The summed E-state index contributed by atoms with van der Waals surface area (Å²) in [7, 11) is -3.48. The van der Waals surface area contributed by atoms with E-state index < -0.39 is 10.0 Å². The van der Waals surface area contributed by atoms with Gasteiger partial charge in [0.25, 0.3) is 0 Å². The zero-order valence-corrected chi connectivity index (χ0v) is 13.4. The Morgan fingerprint density at radius 3 is 2.45 bits per heavy atom. The molecule has 0 saturated heterocycles. The molecule has 0 aliphatic heterocycles. The Balaban J connectivity index is 2.96. The largest absolute Gasteiger partial charge is 0.325 e. The predicted molar refractivity (Wildman–Crippen MR) is 80.7 cm³/mol. The summed E-state index contributed by atoms with van der Waals surface area (Å²) in [5.74, 6) is 0. The van der Waals surface area contributed by atoms with Crippen molar-refractivity contribution in [2.75, 3.05) is 6.54 Å². The molecule has 0 amide bonds. The van der Waals surface area contributed by atoms with Crippen LogP contribution in [0.4, 0.5) is 0 Å². The van der Waals surface area contributed by atoms with Crippen LogP contribution in [0.5, 0.6) is 0 Å². The molecule has 0 saturated carbocycles. The lowest BCUT2D eigenvalue weighted by molar-refractivity contribution is 0.345. The summed E-state index contributed by atoms with van der Waals surface area (Å²) in [5, 5.41) is 0. The molecule has 1 rings (SSSR count). The number of hydrogen-bond donors (Lipinski definition) is 1. The van der Waals surface area contributed by atoms with Gasteiger partial charge in [-0.05, 0) is 32.4 Å². The van der Waals surface area contributed by atoms with Crippen LogP contribution in [0.25, 0.3) is 0 Å². The van der Waals surface area contributed by atoms with Crippen LogP contribution in [-0.2, 0) is 16.6 Å². The van der Waals surface area contributed by atoms with Crippen molar-refractivity contribution in [2.24, 2.45) is 5.73 Å². The molecule has 0 aromatic carbocycles. The summed E-state index contributed by atoms with van der Waals surface area (Å²) in [6, 6.07) is 3.18. The van der Waals surface area contributed by atoms with Gasteiger partial charge in [-0.2, -0.15) is 4.31 Å². The first-order valence-corrected chi connectivity index (χ1v) is 8.54. The molecular formula is C14H25N3O2S. The average Bonchev–Trinajstić information content (AvgIpc) is 2.43. The van der Waals surface area contributed by atoms with Crippen LogP contribution in [-0.4, -0.2) is 30.3 Å². The SMILES string of the molecule is CCCCCN(C(C)C)S(=O)(=O)c1ccc(CN)nc1. The van der Waals surface area contributed by atoms with Crippen LogP contribution in [0, 0.1) is 0 Å². The summed E-state index contributed by atoms with van der Waals surface area (Å²) in [5.41, 5.74) is 6.16. The van der Waals surface area contributed by atoms with Crippen molar-refractivity contribution < 1.29 is 8.42 Å². The number of unbranched alkanes of at least 4 members (excludes halogenated alkanes) is 2. The standard InChI is InChI=1S/C14H25N3O2S/c1-4-5-6-9-17(12(2)3)20(18,19)14-8-7-13(10-15)16-11-14/h7-8,11-12H,4-6,9-10,15H2,1-3H3. The molecule has 0 spiro atoms. The average molecular weight is 299 g/mol. The van der Waals surface area contributed by atoms with Crippen molar-refractivity contribution >= 4 is 10.0 Å². The molecular weight excluding hydrogens is 274 g/mol. The van der Waals surface area contributed by atoms with Crippen LogP contribution >= 0.6 is 0 Å². The van der Waals surface area contributed by atoms with Gasteiger partial charge in [0, 0.05) is 25.3 Å². The number of nitrogens with zero attached hydrogens (tertiary/aromatic N) is 2. The van der Waals surface area contributed by atoms with E-state index in [1.54, 1.807) is 16.4 Å². The zero-order valence-electron chi connectivity index (χ0n) is 12.5. The van der Waals surface area contributed by atoms with E-state index in [9.17, 15) is 8.42 Å². The highest BCUT2D eigenvalue weighted by Gasteiger charge is 2.26. The Hall–Kier alpha value is -0.980. The van der Waals surface area contributed by atoms with Crippen molar-refractivity contribution in [1.82, 2.24) is 9.29 Å². The summed E-state index contributed by atoms with van der Waals surface area (Å²) < 4.78 is 26.8. The normalized spacial score (nSPS) is 12.3. The lowest BCUT2D eigenvalue weighted by atomic mass is 10.2.